The Hall–Kier alpha value is -0.707. The van der Waals surface area contributed by atoms with E-state index in [9.17, 15) is 28.8 Å². The van der Waals surface area contributed by atoms with Crippen LogP contribution in [0.2, 0.25) is 7.37 Å². The Balaban J connectivity index is 6.21. The van der Waals surface area contributed by atoms with Gasteiger partial charge in [-0.3, -0.25) is 0 Å². The van der Waals surface area contributed by atoms with Gasteiger partial charge in [-0.2, -0.15) is 0 Å². The Kier molecular flexibility index (Phi) is 13.5. The Morgan fingerprint density at radius 3 is 0.675 bits per heavy atom. The van der Waals surface area contributed by atoms with Crippen LogP contribution in [0, 0.1) is 64.8 Å². The molecule has 0 amide bonds. The summed E-state index contributed by atoms with van der Waals surface area (Å²) in [6, 6.07) is 0. The van der Waals surface area contributed by atoms with Crippen LogP contribution in [0.5, 0.6) is 0 Å². The van der Waals surface area contributed by atoms with Crippen LogP contribution in [-0.2, 0) is 28.8 Å². The predicted octanol–water partition coefficient (Wildman–Crippen LogP) is 7.66. The van der Waals surface area contributed by atoms with E-state index in [2.05, 4.69) is 0 Å². The molecule has 0 aliphatic rings. The summed E-state index contributed by atoms with van der Waals surface area (Å²) in [4.78, 5) is 78.0. The van der Waals surface area contributed by atoms with Crippen LogP contribution in [0.3, 0.4) is 0 Å². The third-order valence-electron chi connectivity index (χ3n) is 7.05. The summed E-state index contributed by atoms with van der Waals surface area (Å²) >= 11 is -2.27. The quantitative estimate of drug-likeness (QED) is 0.162. The van der Waals surface area contributed by atoms with E-state index in [0.717, 1.165) is 0 Å². The SMILES string of the molecule is CC(C)(C)C(=O)CC(=O)C(C)(C)[CH2][Dy]([CH2]C(C)(C)C(=O)CC(=O)C(C)(C)C)[CH2]C(C)(C)C(=O)CC(=O)C(C)(C)C. The summed E-state index contributed by atoms with van der Waals surface area (Å²) in [5.74, 6) is -0.729. The number of carbonyl (C=O) groups is 6. The van der Waals surface area contributed by atoms with E-state index in [1.54, 1.807) is 62.3 Å². The Labute approximate surface area is 257 Å². The standard InChI is InChI=1S/3C11H19O2.Dy/c3*1-10(2,3)8(12)7-9(13)11(4,5)6;/h3*1,7H2,2-6H3;. The number of carbonyl (C=O) groups excluding carboxylic acids is 6. The third kappa shape index (κ3) is 12.7. The maximum atomic E-state index is 13.3. The van der Waals surface area contributed by atoms with Crippen LogP contribution in [0.4, 0.5) is 0 Å². The average Bonchev–Trinajstić information content (AvgIpc) is 2.70. The van der Waals surface area contributed by atoms with Gasteiger partial charge in [0.2, 0.25) is 0 Å². The molecule has 0 radical (unpaired) electrons. The van der Waals surface area contributed by atoms with Crippen molar-refractivity contribution in [3.8, 4) is 0 Å². The van der Waals surface area contributed by atoms with Gasteiger partial charge in [-0.05, 0) is 0 Å². The molecule has 0 aromatic rings. The van der Waals surface area contributed by atoms with Crippen molar-refractivity contribution < 1.29 is 61.0 Å². The summed E-state index contributed by atoms with van der Waals surface area (Å²) in [7, 11) is 0. The summed E-state index contributed by atoms with van der Waals surface area (Å²) in [5, 5.41) is 0. The summed E-state index contributed by atoms with van der Waals surface area (Å²) < 4.78 is 1.59. The Morgan fingerprint density at radius 1 is 0.350 bits per heavy atom. The van der Waals surface area contributed by atoms with E-state index in [-0.39, 0.29) is 54.0 Å². The van der Waals surface area contributed by atoms with E-state index in [1.807, 2.05) is 41.5 Å². The second kappa shape index (κ2) is 13.7. The molecule has 0 aliphatic carbocycles. The molecule has 0 saturated carbocycles. The van der Waals surface area contributed by atoms with Crippen LogP contribution >= 0.6 is 0 Å². The van der Waals surface area contributed by atoms with Crippen molar-refractivity contribution in [2.24, 2.45) is 32.5 Å². The van der Waals surface area contributed by atoms with Crippen LogP contribution in [0.15, 0.2) is 0 Å². The van der Waals surface area contributed by atoms with Gasteiger partial charge in [0.15, 0.2) is 0 Å². The van der Waals surface area contributed by atoms with Gasteiger partial charge >= 0.3 is 259 Å². The summed E-state index contributed by atoms with van der Waals surface area (Å²) in [6.07, 6.45) is -0.442. The third-order valence-corrected chi connectivity index (χ3v) is 15.5. The first-order chi connectivity index (χ1) is 17.4. The molecule has 235 valence electrons. The molecule has 0 aromatic carbocycles. The number of hydrogen-bond donors (Lipinski definition) is 0. The number of rotatable bonds is 15. The molecule has 0 unspecified atom stereocenters. The Bertz CT molecular complexity index is 865. The van der Waals surface area contributed by atoms with E-state index < -0.39 is 64.8 Å². The van der Waals surface area contributed by atoms with Gasteiger partial charge in [-0.15, -0.1) is 0 Å². The molecule has 0 aliphatic heterocycles. The first kappa shape index (κ1) is 39.3. The molecule has 0 atom stereocenters. The fourth-order valence-corrected chi connectivity index (χ4v) is 13.0. The second-order valence-corrected chi connectivity index (χ2v) is 21.5. The minimum absolute atomic E-state index is 0.113. The van der Waals surface area contributed by atoms with Crippen LogP contribution in [0.1, 0.15) is 123 Å². The van der Waals surface area contributed by atoms with Crippen LogP contribution in [0.25, 0.3) is 0 Å². The van der Waals surface area contributed by atoms with Gasteiger partial charge in [0, 0.05) is 0 Å². The topological polar surface area (TPSA) is 102 Å². The van der Waals surface area contributed by atoms with Crippen molar-refractivity contribution >= 4 is 34.7 Å². The summed E-state index contributed by atoms with van der Waals surface area (Å²) in [6.45, 7) is 27.3. The number of hydrogen-bond acceptors (Lipinski definition) is 6. The van der Waals surface area contributed by atoms with Gasteiger partial charge in [0.25, 0.3) is 0 Å². The number of ketones is 6. The van der Waals surface area contributed by atoms with Crippen molar-refractivity contribution in [3.63, 3.8) is 0 Å². The van der Waals surface area contributed by atoms with E-state index in [4.69, 9.17) is 0 Å². The molecule has 0 aromatic heterocycles. The van der Waals surface area contributed by atoms with Crippen molar-refractivity contribution in [1.29, 1.82) is 0 Å². The van der Waals surface area contributed by atoms with E-state index in [0.29, 0.717) is 7.37 Å². The Morgan fingerprint density at radius 2 is 0.525 bits per heavy atom. The van der Waals surface area contributed by atoms with Gasteiger partial charge in [-0.1, -0.05) is 0 Å². The maximum absolute atomic E-state index is 13.3. The molecule has 7 heteroatoms. The molecule has 0 bridgehead atoms. The van der Waals surface area contributed by atoms with Crippen molar-refractivity contribution in [1.82, 2.24) is 0 Å². The molecular formula is C33H57DyO6. The average molecular weight is 712 g/mol. The van der Waals surface area contributed by atoms with Gasteiger partial charge in [0.05, 0.1) is 0 Å². The molecular weight excluding hydrogens is 655 g/mol. The molecule has 0 rings (SSSR count). The molecule has 6 nitrogen and oxygen atoms in total. The zero-order chi connectivity index (χ0) is 32.3. The molecule has 0 heterocycles. The van der Waals surface area contributed by atoms with Crippen molar-refractivity contribution in [2.75, 3.05) is 0 Å². The fourth-order valence-electron chi connectivity index (χ4n) is 3.44. The zero-order valence-corrected chi connectivity index (χ0v) is 30.0. The monoisotopic (exact) mass is 713 g/mol. The minimum atomic E-state index is -2.27. The fraction of sp³-hybridized carbons (Fsp3) is 0.818. The normalized spacial score (nSPS) is 14.0. The van der Waals surface area contributed by atoms with Gasteiger partial charge in [0.1, 0.15) is 0 Å². The molecule has 40 heavy (non-hydrogen) atoms. The predicted molar refractivity (Wildman–Crippen MR) is 158 cm³/mol. The molecule has 0 N–H and O–H groups in total. The van der Waals surface area contributed by atoms with Crippen LogP contribution in [-0.4, -0.2) is 34.7 Å². The van der Waals surface area contributed by atoms with Crippen LogP contribution < -0.4 is 0 Å². The zero-order valence-electron chi connectivity index (χ0n) is 28.0. The molecule has 0 fully saturated rings. The first-order valence-corrected chi connectivity index (χ1v) is 18.4. The van der Waals surface area contributed by atoms with Gasteiger partial charge in [-0.25, -0.2) is 0 Å². The van der Waals surface area contributed by atoms with Crippen molar-refractivity contribution in [2.45, 2.75) is 130 Å². The van der Waals surface area contributed by atoms with Gasteiger partial charge < -0.3 is 0 Å². The molecule has 0 spiro atoms. The molecule has 0 saturated heterocycles. The van der Waals surface area contributed by atoms with E-state index >= 15 is 0 Å². The van der Waals surface area contributed by atoms with Crippen molar-refractivity contribution in [3.05, 3.63) is 0 Å². The van der Waals surface area contributed by atoms with E-state index in [1.165, 1.54) is 0 Å². The first-order valence-electron chi connectivity index (χ1n) is 14.1. The number of Topliss-reactive ketones (excluding diaryl/α,β-unsaturated/α-hetero) is 6. The summed E-state index contributed by atoms with van der Waals surface area (Å²) in [5.41, 5.74) is -4.25. The second-order valence-electron chi connectivity index (χ2n) is 16.3.